The average molecular weight is 374 g/mol. The highest BCUT2D eigenvalue weighted by atomic mass is 16.4. The number of carboxylic acid groups (broad SMARTS) is 1. The molecule has 3 saturated carbocycles. The minimum atomic E-state index is -1.94. The molecule has 146 valence electrons. The molecule has 0 bridgehead atoms. The van der Waals surface area contributed by atoms with Crippen LogP contribution in [0.15, 0.2) is 23.8 Å². The van der Waals surface area contributed by atoms with Crippen LogP contribution in [0.3, 0.4) is 0 Å². The van der Waals surface area contributed by atoms with Gasteiger partial charge in [0.15, 0.2) is 5.78 Å². The highest BCUT2D eigenvalue weighted by Gasteiger charge is 2.69. The average Bonchev–Trinajstić information content (AvgIpc) is 2.86. The molecule has 0 radical (unpaired) electrons. The number of hydrogen-bond acceptors (Lipinski definition) is 5. The Morgan fingerprint density at radius 3 is 2.59 bits per heavy atom. The molecular weight excluding hydrogens is 348 g/mol. The number of carbonyl (C=O) groups excluding carboxylic acids is 2. The second kappa shape index (κ2) is 5.61. The molecule has 0 aromatic heterocycles. The van der Waals surface area contributed by atoms with Gasteiger partial charge in [-0.3, -0.25) is 9.59 Å². The summed E-state index contributed by atoms with van der Waals surface area (Å²) in [7, 11) is 0. The van der Waals surface area contributed by atoms with E-state index in [1.54, 1.807) is 19.1 Å². The zero-order chi connectivity index (χ0) is 19.8. The summed E-state index contributed by atoms with van der Waals surface area (Å²) in [5.41, 5.74) is -2.29. The third-order valence-electron chi connectivity index (χ3n) is 8.22. The lowest BCUT2D eigenvalue weighted by Crippen LogP contribution is -2.62. The summed E-state index contributed by atoms with van der Waals surface area (Å²) in [6.45, 7) is 3.81. The van der Waals surface area contributed by atoms with Crippen molar-refractivity contribution in [2.45, 2.75) is 57.7 Å². The van der Waals surface area contributed by atoms with Gasteiger partial charge in [-0.2, -0.15) is 0 Å². The van der Waals surface area contributed by atoms with E-state index < -0.39 is 34.3 Å². The minimum absolute atomic E-state index is 0.0293. The molecule has 3 fully saturated rings. The third kappa shape index (κ3) is 2.23. The maximum atomic E-state index is 12.3. The number of carboxylic acids is 1. The van der Waals surface area contributed by atoms with Crippen LogP contribution in [0.25, 0.3) is 0 Å². The summed E-state index contributed by atoms with van der Waals surface area (Å²) in [6, 6.07) is 0. The number of aliphatic hydroxyl groups excluding tert-OH is 1. The predicted molar refractivity (Wildman–Crippen MR) is 95.6 cm³/mol. The van der Waals surface area contributed by atoms with E-state index >= 15 is 0 Å². The van der Waals surface area contributed by atoms with Gasteiger partial charge in [0.1, 0.15) is 5.60 Å². The summed E-state index contributed by atoms with van der Waals surface area (Å²) in [6.07, 6.45) is 6.71. The van der Waals surface area contributed by atoms with Gasteiger partial charge >= 0.3 is 5.97 Å². The Bertz CT molecular complexity index is 796. The van der Waals surface area contributed by atoms with Gasteiger partial charge in [-0.15, -0.1) is 0 Å². The summed E-state index contributed by atoms with van der Waals surface area (Å²) in [4.78, 5) is 35.5. The van der Waals surface area contributed by atoms with Crippen molar-refractivity contribution in [3.05, 3.63) is 23.8 Å². The fourth-order valence-electron chi connectivity index (χ4n) is 6.88. The Kier molecular flexibility index (Phi) is 3.86. The highest BCUT2D eigenvalue weighted by molar-refractivity contribution is 6.36. The topological polar surface area (TPSA) is 112 Å². The van der Waals surface area contributed by atoms with Crippen LogP contribution in [0.1, 0.15) is 46.0 Å². The molecule has 27 heavy (non-hydrogen) atoms. The fourth-order valence-corrected chi connectivity index (χ4v) is 6.88. The van der Waals surface area contributed by atoms with Gasteiger partial charge in [-0.1, -0.05) is 25.5 Å². The molecule has 4 rings (SSSR count). The van der Waals surface area contributed by atoms with Crippen molar-refractivity contribution in [1.82, 2.24) is 0 Å². The van der Waals surface area contributed by atoms with Gasteiger partial charge < -0.3 is 15.3 Å². The lowest BCUT2D eigenvalue weighted by atomic mass is 9.46. The van der Waals surface area contributed by atoms with Crippen molar-refractivity contribution in [3.8, 4) is 0 Å². The number of ketones is 2. The molecule has 4 aliphatic carbocycles. The molecule has 7 atom stereocenters. The smallest absolute Gasteiger partial charge is 0.375 e. The van der Waals surface area contributed by atoms with Gasteiger partial charge in [0.2, 0.25) is 0 Å². The van der Waals surface area contributed by atoms with Crippen LogP contribution < -0.4 is 0 Å². The Morgan fingerprint density at radius 1 is 1.22 bits per heavy atom. The SMILES string of the molecule is C[C@]12C=CC(=O)C=C1CC[C@@H]1C2[C@@H](O)C[C@@]2(C)[C@H]1CC[C@]2(O)C(=O)C(=O)O. The van der Waals surface area contributed by atoms with Crippen molar-refractivity contribution >= 4 is 17.5 Å². The molecule has 1 unspecified atom stereocenters. The molecule has 0 amide bonds. The monoisotopic (exact) mass is 374 g/mol. The van der Waals surface area contributed by atoms with Crippen LogP contribution >= 0.6 is 0 Å². The highest BCUT2D eigenvalue weighted by Crippen LogP contribution is 2.67. The normalized spacial score (nSPS) is 48.3. The number of aliphatic hydroxyl groups is 2. The van der Waals surface area contributed by atoms with Crippen LogP contribution in [0.2, 0.25) is 0 Å². The van der Waals surface area contributed by atoms with E-state index in [0.29, 0.717) is 6.42 Å². The fraction of sp³-hybridized carbons (Fsp3) is 0.667. The molecule has 0 heterocycles. The number of hydrogen-bond donors (Lipinski definition) is 3. The number of Topliss-reactive ketones (excluding diaryl/α,β-unsaturated/α-hetero) is 1. The predicted octanol–water partition coefficient (Wildman–Crippen LogP) is 1.65. The number of rotatable bonds is 2. The molecule has 0 aliphatic heterocycles. The van der Waals surface area contributed by atoms with Crippen LogP contribution in [0.4, 0.5) is 0 Å². The van der Waals surface area contributed by atoms with Gasteiger partial charge in [0.05, 0.1) is 6.10 Å². The zero-order valence-electron chi connectivity index (χ0n) is 15.6. The summed E-state index contributed by atoms with van der Waals surface area (Å²) in [5, 5.41) is 31.4. The number of allylic oxidation sites excluding steroid dienone is 4. The summed E-state index contributed by atoms with van der Waals surface area (Å²) in [5.74, 6) is -2.90. The maximum Gasteiger partial charge on any atom is 0.375 e. The van der Waals surface area contributed by atoms with E-state index in [0.717, 1.165) is 18.4 Å². The van der Waals surface area contributed by atoms with Crippen LogP contribution in [0, 0.1) is 28.6 Å². The summed E-state index contributed by atoms with van der Waals surface area (Å²) >= 11 is 0. The van der Waals surface area contributed by atoms with E-state index in [2.05, 4.69) is 0 Å². The standard InChI is InChI=1S/C21H26O6/c1-19-7-5-12(22)9-11(19)3-4-13-14-6-8-21(27,17(24)18(25)26)20(14,2)10-15(23)16(13)19/h5,7,9,13-16,23,27H,3-4,6,8,10H2,1-2H3,(H,25,26)/t13-,14-,15-,16?,19-,20-,21-/m0/s1. The lowest BCUT2D eigenvalue weighted by molar-refractivity contribution is -0.183. The molecule has 0 spiro atoms. The lowest BCUT2D eigenvalue weighted by Gasteiger charge is -2.59. The number of fused-ring (bicyclic) bond motifs is 5. The van der Waals surface area contributed by atoms with Gasteiger partial charge in [-0.25, -0.2) is 4.79 Å². The van der Waals surface area contributed by atoms with Crippen molar-refractivity contribution in [3.63, 3.8) is 0 Å². The molecule has 0 aromatic carbocycles. The van der Waals surface area contributed by atoms with Crippen molar-refractivity contribution < 1.29 is 29.7 Å². The molecule has 0 aromatic rings. The molecule has 6 nitrogen and oxygen atoms in total. The minimum Gasteiger partial charge on any atom is -0.475 e. The first-order chi connectivity index (χ1) is 12.5. The van der Waals surface area contributed by atoms with Crippen LogP contribution in [0.5, 0.6) is 0 Å². The Balaban J connectivity index is 1.75. The Morgan fingerprint density at radius 2 is 1.93 bits per heavy atom. The van der Waals surface area contributed by atoms with Crippen LogP contribution in [-0.4, -0.2) is 44.6 Å². The Labute approximate surface area is 158 Å². The van der Waals surface area contributed by atoms with Crippen LogP contribution in [-0.2, 0) is 14.4 Å². The first-order valence-electron chi connectivity index (χ1n) is 9.67. The molecule has 6 heteroatoms. The zero-order valence-corrected chi connectivity index (χ0v) is 15.6. The third-order valence-corrected chi connectivity index (χ3v) is 8.22. The van der Waals surface area contributed by atoms with Gasteiger partial charge in [0, 0.05) is 16.7 Å². The van der Waals surface area contributed by atoms with E-state index in [-0.39, 0.29) is 36.4 Å². The molecule has 0 saturated heterocycles. The van der Waals surface area contributed by atoms with Crippen molar-refractivity contribution in [2.24, 2.45) is 28.6 Å². The first kappa shape index (κ1) is 18.6. The van der Waals surface area contributed by atoms with Crippen molar-refractivity contribution in [1.29, 1.82) is 0 Å². The largest absolute Gasteiger partial charge is 0.475 e. The first-order valence-corrected chi connectivity index (χ1v) is 9.67. The van der Waals surface area contributed by atoms with E-state index in [4.69, 9.17) is 0 Å². The summed E-state index contributed by atoms with van der Waals surface area (Å²) < 4.78 is 0. The number of aliphatic carboxylic acids is 1. The second-order valence-corrected chi connectivity index (χ2v) is 9.24. The molecule has 4 aliphatic rings. The van der Waals surface area contributed by atoms with Gasteiger partial charge in [0.25, 0.3) is 5.78 Å². The van der Waals surface area contributed by atoms with Gasteiger partial charge in [-0.05, 0) is 56.1 Å². The maximum absolute atomic E-state index is 12.3. The van der Waals surface area contributed by atoms with Crippen molar-refractivity contribution in [2.75, 3.05) is 0 Å². The van der Waals surface area contributed by atoms with E-state index in [1.807, 2.05) is 13.0 Å². The second-order valence-electron chi connectivity index (χ2n) is 9.24. The quantitative estimate of drug-likeness (QED) is 0.634. The number of carbonyl (C=O) groups is 3. The van der Waals surface area contributed by atoms with E-state index in [1.165, 1.54) is 0 Å². The molecule has 3 N–H and O–H groups in total. The molecular formula is C21H26O6. The Hall–Kier alpha value is -1.79. The van der Waals surface area contributed by atoms with E-state index in [9.17, 15) is 29.7 Å².